The third-order valence-corrected chi connectivity index (χ3v) is 4.32. The van der Waals surface area contributed by atoms with E-state index in [9.17, 15) is 0 Å². The van der Waals surface area contributed by atoms with Crippen LogP contribution in [0.1, 0.15) is 30.9 Å². The number of aryl methyl sites for hydroxylation is 1. The van der Waals surface area contributed by atoms with Gasteiger partial charge in [-0.05, 0) is 51.1 Å². The first-order valence-electron chi connectivity index (χ1n) is 7.38. The lowest BCUT2D eigenvalue weighted by Gasteiger charge is -2.34. The molecule has 0 aliphatic carbocycles. The third kappa shape index (κ3) is 3.30. The Labute approximate surface area is 127 Å². The van der Waals surface area contributed by atoms with Gasteiger partial charge in [0.25, 0.3) is 0 Å². The summed E-state index contributed by atoms with van der Waals surface area (Å²) < 4.78 is 0. The predicted molar refractivity (Wildman–Crippen MR) is 90.6 cm³/mol. The Kier molecular flexibility index (Phi) is 5.00. The Morgan fingerprint density at radius 2 is 2.15 bits per heavy atom. The van der Waals surface area contributed by atoms with Crippen LogP contribution >= 0.6 is 12.2 Å². The second kappa shape index (κ2) is 6.55. The lowest BCUT2D eigenvalue weighted by atomic mass is 10.1. The highest BCUT2D eigenvalue weighted by atomic mass is 32.1. The molecule has 0 amide bonds. The third-order valence-electron chi connectivity index (χ3n) is 4.10. The molecule has 20 heavy (non-hydrogen) atoms. The fourth-order valence-electron chi connectivity index (χ4n) is 3.00. The van der Waals surface area contributed by atoms with Gasteiger partial charge in [0, 0.05) is 30.4 Å². The number of benzene rings is 1. The van der Waals surface area contributed by atoms with E-state index in [2.05, 4.69) is 48.9 Å². The first-order valence-corrected chi connectivity index (χ1v) is 7.79. The molecule has 1 aliphatic rings. The Morgan fingerprint density at radius 1 is 1.40 bits per heavy atom. The second-order valence-corrected chi connectivity index (χ2v) is 6.20. The van der Waals surface area contributed by atoms with Gasteiger partial charge in [-0.15, -0.1) is 0 Å². The molecule has 3 nitrogen and oxygen atoms in total. The molecular weight excluding hydrogens is 266 g/mol. The minimum atomic E-state index is 0.493. The molecule has 0 radical (unpaired) electrons. The second-order valence-electron chi connectivity index (χ2n) is 5.76. The Bertz CT molecular complexity index is 487. The summed E-state index contributed by atoms with van der Waals surface area (Å²) in [6, 6.07) is 6.90. The van der Waals surface area contributed by atoms with Crippen molar-refractivity contribution in [2.75, 3.05) is 31.6 Å². The van der Waals surface area contributed by atoms with E-state index in [1.807, 2.05) is 0 Å². The number of hydrogen-bond acceptors (Lipinski definition) is 3. The maximum Gasteiger partial charge on any atom is 0.106 e. The molecule has 4 heteroatoms. The summed E-state index contributed by atoms with van der Waals surface area (Å²) in [4.78, 5) is 5.42. The van der Waals surface area contributed by atoms with Crippen molar-refractivity contribution in [1.29, 1.82) is 0 Å². The van der Waals surface area contributed by atoms with Gasteiger partial charge in [0.05, 0.1) is 0 Å². The van der Waals surface area contributed by atoms with E-state index in [1.54, 1.807) is 0 Å². The highest BCUT2D eigenvalue weighted by Crippen LogP contribution is 2.27. The zero-order valence-electron chi connectivity index (χ0n) is 12.7. The minimum Gasteiger partial charge on any atom is -0.389 e. The van der Waals surface area contributed by atoms with Crippen LogP contribution in [-0.2, 0) is 0 Å². The molecule has 1 unspecified atom stereocenters. The van der Waals surface area contributed by atoms with Gasteiger partial charge in [0.1, 0.15) is 4.99 Å². The van der Waals surface area contributed by atoms with Crippen molar-refractivity contribution >= 4 is 22.9 Å². The lowest BCUT2D eigenvalue weighted by molar-refractivity contribution is 0.328. The summed E-state index contributed by atoms with van der Waals surface area (Å²) in [5, 5.41) is 0. The topological polar surface area (TPSA) is 32.5 Å². The maximum absolute atomic E-state index is 5.92. The van der Waals surface area contributed by atoms with Gasteiger partial charge in [0.2, 0.25) is 0 Å². The summed E-state index contributed by atoms with van der Waals surface area (Å²) >= 11 is 5.23. The van der Waals surface area contributed by atoms with Crippen molar-refractivity contribution in [3.05, 3.63) is 29.3 Å². The molecule has 0 aromatic heterocycles. The number of rotatable bonds is 3. The van der Waals surface area contributed by atoms with Crippen molar-refractivity contribution < 1.29 is 0 Å². The normalized spacial score (nSPS) is 20.8. The van der Waals surface area contributed by atoms with Gasteiger partial charge in [-0.2, -0.15) is 0 Å². The molecule has 2 N–H and O–H groups in total. The molecule has 1 heterocycles. The summed E-state index contributed by atoms with van der Waals surface area (Å²) in [6.07, 6.45) is 2.31. The van der Waals surface area contributed by atoms with Gasteiger partial charge < -0.3 is 15.5 Å². The van der Waals surface area contributed by atoms with Crippen LogP contribution < -0.4 is 10.6 Å². The van der Waals surface area contributed by atoms with Crippen LogP contribution in [0.2, 0.25) is 0 Å². The van der Waals surface area contributed by atoms with Crippen molar-refractivity contribution in [2.45, 2.75) is 32.7 Å². The van der Waals surface area contributed by atoms with E-state index in [4.69, 9.17) is 18.0 Å². The Hall–Kier alpha value is -1.13. The molecule has 2 rings (SSSR count). The van der Waals surface area contributed by atoms with Gasteiger partial charge in [-0.1, -0.05) is 25.2 Å². The number of likely N-dealkylation sites (N-methyl/N-ethyl adjacent to an activating group) is 1. The molecular formula is C16H25N3S. The Balaban J connectivity index is 2.41. The van der Waals surface area contributed by atoms with Crippen molar-refractivity contribution in [2.24, 2.45) is 5.73 Å². The quantitative estimate of drug-likeness (QED) is 0.868. The summed E-state index contributed by atoms with van der Waals surface area (Å²) in [7, 11) is 2.21. The number of thiocarbonyl (C=S) groups is 1. The van der Waals surface area contributed by atoms with Crippen molar-refractivity contribution in [1.82, 2.24) is 4.90 Å². The fraction of sp³-hybridized carbons (Fsp3) is 0.562. The SMILES string of the molecule is CCC1CN(C)CCCN1c1cc(C)ccc1C(N)=S. The molecule has 110 valence electrons. The highest BCUT2D eigenvalue weighted by molar-refractivity contribution is 7.80. The fourth-order valence-corrected chi connectivity index (χ4v) is 3.17. The predicted octanol–water partition coefficient (Wildman–Crippen LogP) is 2.55. The smallest absolute Gasteiger partial charge is 0.106 e. The van der Waals surface area contributed by atoms with E-state index in [0.717, 1.165) is 31.6 Å². The minimum absolute atomic E-state index is 0.493. The standard InChI is InChI=1S/C16H25N3S/c1-4-13-11-18(3)8-5-9-19(13)15-10-12(2)6-7-14(15)16(17)20/h6-7,10,13H,4-5,8-9,11H2,1-3H3,(H2,17,20). The molecule has 0 bridgehead atoms. The van der Waals surface area contributed by atoms with E-state index >= 15 is 0 Å². The molecule has 1 aromatic rings. The Morgan fingerprint density at radius 3 is 2.80 bits per heavy atom. The van der Waals surface area contributed by atoms with E-state index in [0.29, 0.717) is 11.0 Å². The van der Waals surface area contributed by atoms with Crippen LogP contribution in [0.3, 0.4) is 0 Å². The first kappa shape index (κ1) is 15.3. The van der Waals surface area contributed by atoms with Crippen LogP contribution in [0.5, 0.6) is 0 Å². The largest absolute Gasteiger partial charge is 0.389 e. The van der Waals surface area contributed by atoms with Crippen LogP contribution in [0.15, 0.2) is 18.2 Å². The van der Waals surface area contributed by atoms with Gasteiger partial charge in [-0.25, -0.2) is 0 Å². The first-order chi connectivity index (χ1) is 9.52. The zero-order chi connectivity index (χ0) is 14.7. The van der Waals surface area contributed by atoms with Crippen LogP contribution in [0.25, 0.3) is 0 Å². The molecule has 0 spiro atoms. The van der Waals surface area contributed by atoms with Crippen LogP contribution in [0.4, 0.5) is 5.69 Å². The summed E-state index contributed by atoms with van der Waals surface area (Å²) in [5.41, 5.74) is 9.39. The van der Waals surface area contributed by atoms with Crippen LogP contribution in [0, 0.1) is 6.92 Å². The number of hydrogen-bond donors (Lipinski definition) is 1. The van der Waals surface area contributed by atoms with E-state index < -0.39 is 0 Å². The van der Waals surface area contributed by atoms with Gasteiger partial charge in [0.15, 0.2) is 0 Å². The molecule has 1 aromatic carbocycles. The highest BCUT2D eigenvalue weighted by Gasteiger charge is 2.24. The lowest BCUT2D eigenvalue weighted by Crippen LogP contribution is -2.40. The number of nitrogens with zero attached hydrogens (tertiary/aromatic N) is 2. The number of anilines is 1. The monoisotopic (exact) mass is 291 g/mol. The molecule has 1 fully saturated rings. The van der Waals surface area contributed by atoms with E-state index in [-0.39, 0.29) is 0 Å². The molecule has 1 saturated heterocycles. The zero-order valence-corrected chi connectivity index (χ0v) is 13.5. The van der Waals surface area contributed by atoms with Crippen LogP contribution in [-0.4, -0.2) is 42.6 Å². The van der Waals surface area contributed by atoms with Crippen molar-refractivity contribution in [3.63, 3.8) is 0 Å². The van der Waals surface area contributed by atoms with Crippen molar-refractivity contribution in [3.8, 4) is 0 Å². The summed E-state index contributed by atoms with van der Waals surface area (Å²) in [5.74, 6) is 0. The molecule has 1 atom stereocenters. The van der Waals surface area contributed by atoms with Gasteiger partial charge in [-0.3, -0.25) is 0 Å². The maximum atomic E-state index is 5.92. The molecule has 0 saturated carbocycles. The van der Waals surface area contributed by atoms with Gasteiger partial charge >= 0.3 is 0 Å². The molecule has 1 aliphatic heterocycles. The van der Waals surface area contributed by atoms with E-state index in [1.165, 1.54) is 17.7 Å². The average Bonchev–Trinajstić information content (AvgIpc) is 2.59. The number of nitrogens with two attached hydrogens (primary N) is 1. The average molecular weight is 291 g/mol. The summed E-state index contributed by atoms with van der Waals surface area (Å²) in [6.45, 7) is 7.70.